The van der Waals surface area contributed by atoms with Crippen LogP contribution < -0.4 is 5.32 Å². The second kappa shape index (κ2) is 6.19. The molecule has 106 valence electrons. The molecule has 3 rings (SSSR count). The molecule has 0 aliphatic rings. The van der Waals surface area contributed by atoms with Crippen LogP contribution in [0.15, 0.2) is 59.2 Å². The molecule has 0 atom stereocenters. The zero-order valence-corrected chi connectivity index (χ0v) is 14.8. The summed E-state index contributed by atoms with van der Waals surface area (Å²) in [6.07, 6.45) is 1.94. The number of carbonyl (C=O) groups excluding carboxylic acids is 1. The molecule has 1 N–H and O–H groups in total. The van der Waals surface area contributed by atoms with Gasteiger partial charge in [0.15, 0.2) is 0 Å². The molecule has 2 aromatic carbocycles. The molecule has 1 amide bonds. The lowest BCUT2D eigenvalue weighted by Gasteiger charge is -2.08. The van der Waals surface area contributed by atoms with Gasteiger partial charge in [-0.05, 0) is 65.1 Å². The number of hydrogen-bond acceptors (Lipinski definition) is 1. The van der Waals surface area contributed by atoms with Crippen LogP contribution in [0.2, 0.25) is 0 Å². The first-order valence-electron chi connectivity index (χ1n) is 6.42. The molecule has 0 saturated carbocycles. The van der Waals surface area contributed by atoms with Gasteiger partial charge in [0.2, 0.25) is 5.91 Å². The van der Waals surface area contributed by atoms with Crippen LogP contribution in [-0.4, -0.2) is 10.5 Å². The molecule has 21 heavy (non-hydrogen) atoms. The first kappa shape index (κ1) is 14.6. The smallest absolute Gasteiger partial charge is 0.244 e. The molecule has 0 unspecified atom stereocenters. The van der Waals surface area contributed by atoms with Gasteiger partial charge in [-0.1, -0.05) is 22.0 Å². The lowest BCUT2D eigenvalue weighted by Crippen LogP contribution is -2.18. The fraction of sp³-hybridized carbons (Fsp3) is 0.0625. The molecule has 0 radical (unpaired) electrons. The average Bonchev–Trinajstić information content (AvgIpc) is 2.81. The highest BCUT2D eigenvalue weighted by molar-refractivity contribution is 14.1. The van der Waals surface area contributed by atoms with Crippen LogP contribution in [0.25, 0.3) is 10.9 Å². The molecule has 0 spiro atoms. The highest BCUT2D eigenvalue weighted by atomic mass is 127. The Morgan fingerprint density at radius 1 is 1.19 bits per heavy atom. The first-order chi connectivity index (χ1) is 10.1. The van der Waals surface area contributed by atoms with E-state index in [0.717, 1.165) is 24.6 Å². The van der Waals surface area contributed by atoms with Crippen LogP contribution in [0.3, 0.4) is 0 Å². The predicted molar refractivity (Wildman–Crippen MR) is 97.4 cm³/mol. The van der Waals surface area contributed by atoms with Gasteiger partial charge in [0.05, 0.1) is 0 Å². The Kier molecular flexibility index (Phi) is 4.30. The molecular weight excluding hydrogens is 443 g/mol. The highest BCUT2D eigenvalue weighted by Crippen LogP contribution is 2.21. The normalized spacial score (nSPS) is 10.8. The van der Waals surface area contributed by atoms with E-state index in [2.05, 4.69) is 43.8 Å². The standard InChI is InChI=1S/C16H12BrIN2O/c17-12-4-5-15-11(8-12)6-7-20(15)10-16(21)19-14-3-1-2-13(18)9-14/h1-9H,10H2,(H,19,21). The number of benzene rings is 2. The summed E-state index contributed by atoms with van der Waals surface area (Å²) in [6, 6.07) is 15.8. The van der Waals surface area contributed by atoms with Crippen molar-refractivity contribution in [2.45, 2.75) is 6.54 Å². The lowest BCUT2D eigenvalue weighted by atomic mass is 10.2. The van der Waals surface area contributed by atoms with Crippen LogP contribution in [-0.2, 0) is 11.3 Å². The summed E-state index contributed by atoms with van der Waals surface area (Å²) < 4.78 is 4.09. The second-order valence-electron chi connectivity index (χ2n) is 4.71. The third kappa shape index (κ3) is 3.47. The van der Waals surface area contributed by atoms with Crippen molar-refractivity contribution >= 4 is 61.0 Å². The van der Waals surface area contributed by atoms with E-state index in [1.54, 1.807) is 0 Å². The summed E-state index contributed by atoms with van der Waals surface area (Å²) in [5, 5.41) is 4.04. The maximum absolute atomic E-state index is 12.2. The third-order valence-corrected chi connectivity index (χ3v) is 4.32. The van der Waals surface area contributed by atoms with E-state index in [-0.39, 0.29) is 5.91 Å². The summed E-state index contributed by atoms with van der Waals surface area (Å²) in [4.78, 5) is 12.2. The van der Waals surface area contributed by atoms with Crippen LogP contribution >= 0.6 is 38.5 Å². The quantitative estimate of drug-likeness (QED) is 0.574. The molecule has 0 saturated heterocycles. The Morgan fingerprint density at radius 2 is 2.05 bits per heavy atom. The van der Waals surface area contributed by atoms with Gasteiger partial charge in [0.25, 0.3) is 0 Å². The number of amides is 1. The molecule has 0 bridgehead atoms. The van der Waals surface area contributed by atoms with Gasteiger partial charge < -0.3 is 9.88 Å². The van der Waals surface area contributed by atoms with Crippen molar-refractivity contribution in [3.8, 4) is 0 Å². The van der Waals surface area contributed by atoms with Gasteiger partial charge in [-0.25, -0.2) is 0 Å². The zero-order chi connectivity index (χ0) is 14.8. The molecule has 1 heterocycles. The predicted octanol–water partition coefficient (Wildman–Crippen LogP) is 4.65. The number of fused-ring (bicyclic) bond motifs is 1. The number of nitrogens with one attached hydrogen (secondary N) is 1. The van der Waals surface area contributed by atoms with Gasteiger partial charge in [-0.15, -0.1) is 0 Å². The van der Waals surface area contributed by atoms with E-state index >= 15 is 0 Å². The summed E-state index contributed by atoms with van der Waals surface area (Å²) in [5.41, 5.74) is 1.88. The Morgan fingerprint density at radius 3 is 2.86 bits per heavy atom. The van der Waals surface area contributed by atoms with Crippen molar-refractivity contribution in [1.29, 1.82) is 0 Å². The minimum absolute atomic E-state index is 0.0302. The van der Waals surface area contributed by atoms with Crippen molar-refractivity contribution in [3.63, 3.8) is 0 Å². The highest BCUT2D eigenvalue weighted by Gasteiger charge is 2.07. The Balaban J connectivity index is 1.77. The van der Waals surface area contributed by atoms with Gasteiger partial charge >= 0.3 is 0 Å². The topological polar surface area (TPSA) is 34.0 Å². The fourth-order valence-electron chi connectivity index (χ4n) is 2.23. The van der Waals surface area contributed by atoms with E-state index in [1.807, 2.05) is 59.3 Å². The van der Waals surface area contributed by atoms with E-state index in [4.69, 9.17) is 0 Å². The molecule has 1 aromatic heterocycles. The van der Waals surface area contributed by atoms with Gasteiger partial charge in [0.1, 0.15) is 6.54 Å². The maximum Gasteiger partial charge on any atom is 0.244 e. The number of carbonyl (C=O) groups is 1. The lowest BCUT2D eigenvalue weighted by molar-refractivity contribution is -0.116. The summed E-state index contributed by atoms with van der Waals surface area (Å²) >= 11 is 5.68. The van der Waals surface area contributed by atoms with E-state index in [0.29, 0.717) is 6.54 Å². The monoisotopic (exact) mass is 454 g/mol. The van der Waals surface area contributed by atoms with Gasteiger partial charge in [-0.2, -0.15) is 0 Å². The number of hydrogen-bond donors (Lipinski definition) is 1. The van der Waals surface area contributed by atoms with E-state index in [1.165, 1.54) is 0 Å². The second-order valence-corrected chi connectivity index (χ2v) is 6.87. The maximum atomic E-state index is 12.2. The van der Waals surface area contributed by atoms with Crippen LogP contribution in [0.1, 0.15) is 0 Å². The number of nitrogens with zero attached hydrogens (tertiary/aromatic N) is 1. The third-order valence-electron chi connectivity index (χ3n) is 3.16. The number of rotatable bonds is 3. The Hall–Kier alpha value is -1.34. The summed E-state index contributed by atoms with van der Waals surface area (Å²) in [5.74, 6) is -0.0302. The Labute approximate surface area is 144 Å². The molecule has 3 nitrogen and oxygen atoms in total. The first-order valence-corrected chi connectivity index (χ1v) is 8.29. The van der Waals surface area contributed by atoms with E-state index in [9.17, 15) is 4.79 Å². The van der Waals surface area contributed by atoms with Crippen LogP contribution in [0, 0.1) is 3.57 Å². The minimum Gasteiger partial charge on any atom is -0.338 e. The van der Waals surface area contributed by atoms with Crippen molar-refractivity contribution in [3.05, 3.63) is 62.8 Å². The average molecular weight is 455 g/mol. The van der Waals surface area contributed by atoms with Crippen LogP contribution in [0.4, 0.5) is 5.69 Å². The van der Waals surface area contributed by atoms with Crippen LogP contribution in [0.5, 0.6) is 0 Å². The number of aromatic nitrogens is 1. The SMILES string of the molecule is O=C(Cn1ccc2cc(Br)ccc21)Nc1cccc(I)c1. The van der Waals surface area contributed by atoms with Gasteiger partial charge in [0, 0.05) is 30.8 Å². The fourth-order valence-corrected chi connectivity index (χ4v) is 3.15. The Bertz CT molecular complexity index is 813. The summed E-state index contributed by atoms with van der Waals surface area (Å²) in [6.45, 7) is 0.302. The number of halogens is 2. The zero-order valence-electron chi connectivity index (χ0n) is 11.0. The minimum atomic E-state index is -0.0302. The van der Waals surface area contributed by atoms with E-state index < -0.39 is 0 Å². The number of anilines is 1. The molecule has 3 aromatic rings. The molecule has 0 aliphatic heterocycles. The molecular formula is C16H12BrIN2O. The molecule has 0 fully saturated rings. The van der Waals surface area contributed by atoms with Crippen molar-refractivity contribution in [2.24, 2.45) is 0 Å². The van der Waals surface area contributed by atoms with Gasteiger partial charge in [-0.3, -0.25) is 4.79 Å². The van der Waals surface area contributed by atoms with Crippen molar-refractivity contribution < 1.29 is 4.79 Å². The molecule has 5 heteroatoms. The molecule has 0 aliphatic carbocycles. The van der Waals surface area contributed by atoms with Crippen molar-refractivity contribution in [1.82, 2.24) is 4.57 Å². The summed E-state index contributed by atoms with van der Waals surface area (Å²) in [7, 11) is 0. The largest absolute Gasteiger partial charge is 0.338 e. The van der Waals surface area contributed by atoms with Crippen molar-refractivity contribution in [2.75, 3.05) is 5.32 Å².